The highest BCUT2D eigenvalue weighted by molar-refractivity contribution is 7.15. The Labute approximate surface area is 93.1 Å². The fraction of sp³-hybridized carbons (Fsp3) is 0.600. The molecule has 2 N–H and O–H groups in total. The molecule has 0 spiro atoms. The maximum absolute atomic E-state index is 12.0. The van der Waals surface area contributed by atoms with Gasteiger partial charge in [0.1, 0.15) is 0 Å². The standard InChI is InChI=1S/C10H15N3OS/c1-7-5-12-9(15-7)13-8(14)10(2)3-4-11-6-10/h5,11H,3-4,6H2,1-2H3,(H,12,13,14). The zero-order valence-electron chi connectivity index (χ0n) is 8.96. The number of aryl methyl sites for hydroxylation is 1. The van der Waals surface area contributed by atoms with Crippen LogP contribution in [-0.4, -0.2) is 24.0 Å². The third kappa shape index (κ3) is 2.18. The minimum Gasteiger partial charge on any atom is -0.316 e. The number of amides is 1. The molecule has 2 heterocycles. The van der Waals surface area contributed by atoms with E-state index < -0.39 is 0 Å². The number of hydrogen-bond acceptors (Lipinski definition) is 4. The Bertz CT molecular complexity index is 368. The molecular formula is C10H15N3OS. The topological polar surface area (TPSA) is 54.0 Å². The zero-order valence-corrected chi connectivity index (χ0v) is 9.78. The Morgan fingerprint density at radius 3 is 3.07 bits per heavy atom. The summed E-state index contributed by atoms with van der Waals surface area (Å²) in [6.45, 7) is 5.64. The summed E-state index contributed by atoms with van der Waals surface area (Å²) >= 11 is 1.51. The summed E-state index contributed by atoms with van der Waals surface area (Å²) in [6.07, 6.45) is 2.67. The molecule has 82 valence electrons. The van der Waals surface area contributed by atoms with Crippen LogP contribution in [0, 0.1) is 12.3 Å². The van der Waals surface area contributed by atoms with Gasteiger partial charge in [-0.2, -0.15) is 0 Å². The van der Waals surface area contributed by atoms with Gasteiger partial charge in [0.15, 0.2) is 5.13 Å². The van der Waals surface area contributed by atoms with Crippen molar-refractivity contribution >= 4 is 22.4 Å². The number of aromatic nitrogens is 1. The number of anilines is 1. The molecule has 0 aliphatic carbocycles. The second-order valence-electron chi connectivity index (χ2n) is 4.22. The van der Waals surface area contributed by atoms with Crippen molar-refractivity contribution in [3.05, 3.63) is 11.1 Å². The largest absolute Gasteiger partial charge is 0.316 e. The molecule has 5 heteroatoms. The summed E-state index contributed by atoms with van der Waals surface area (Å²) in [4.78, 5) is 17.2. The number of hydrogen-bond donors (Lipinski definition) is 2. The fourth-order valence-corrected chi connectivity index (χ4v) is 2.33. The summed E-state index contributed by atoms with van der Waals surface area (Å²) in [5.74, 6) is 0.0712. The lowest BCUT2D eigenvalue weighted by Crippen LogP contribution is -2.35. The van der Waals surface area contributed by atoms with Crippen LogP contribution in [0.2, 0.25) is 0 Å². The fourth-order valence-electron chi connectivity index (χ4n) is 1.67. The Morgan fingerprint density at radius 2 is 2.53 bits per heavy atom. The second-order valence-corrected chi connectivity index (χ2v) is 5.45. The van der Waals surface area contributed by atoms with E-state index in [4.69, 9.17) is 0 Å². The smallest absolute Gasteiger partial charge is 0.233 e. The molecule has 1 aliphatic rings. The monoisotopic (exact) mass is 225 g/mol. The summed E-state index contributed by atoms with van der Waals surface area (Å²) in [5, 5.41) is 6.78. The third-order valence-electron chi connectivity index (χ3n) is 2.76. The van der Waals surface area contributed by atoms with E-state index in [2.05, 4.69) is 15.6 Å². The van der Waals surface area contributed by atoms with Gasteiger partial charge in [-0.25, -0.2) is 4.98 Å². The summed E-state index contributed by atoms with van der Waals surface area (Å²) in [7, 11) is 0. The van der Waals surface area contributed by atoms with Gasteiger partial charge in [0.25, 0.3) is 0 Å². The van der Waals surface area contributed by atoms with Gasteiger partial charge < -0.3 is 10.6 Å². The average Bonchev–Trinajstić information content (AvgIpc) is 2.76. The van der Waals surface area contributed by atoms with E-state index in [1.54, 1.807) is 6.20 Å². The van der Waals surface area contributed by atoms with Crippen LogP contribution in [0.4, 0.5) is 5.13 Å². The van der Waals surface area contributed by atoms with Crippen LogP contribution in [0.3, 0.4) is 0 Å². The molecule has 1 aromatic rings. The van der Waals surface area contributed by atoms with Crippen molar-refractivity contribution in [3.8, 4) is 0 Å². The lowest BCUT2D eigenvalue weighted by atomic mass is 9.89. The number of thiazole rings is 1. The first kappa shape index (κ1) is 10.6. The summed E-state index contributed by atoms with van der Waals surface area (Å²) in [5.41, 5.74) is -0.278. The third-order valence-corrected chi connectivity index (χ3v) is 3.59. The van der Waals surface area contributed by atoms with Crippen molar-refractivity contribution in [1.29, 1.82) is 0 Å². The molecule has 1 fully saturated rings. The lowest BCUT2D eigenvalue weighted by Gasteiger charge is -2.20. The quantitative estimate of drug-likeness (QED) is 0.799. The Hall–Kier alpha value is -0.940. The van der Waals surface area contributed by atoms with E-state index in [0.717, 1.165) is 24.4 Å². The zero-order chi connectivity index (χ0) is 10.9. The SMILES string of the molecule is Cc1cnc(NC(=O)C2(C)CCNC2)s1. The highest BCUT2D eigenvalue weighted by Crippen LogP contribution is 2.27. The summed E-state index contributed by atoms with van der Waals surface area (Å²) < 4.78 is 0. The number of nitrogens with zero attached hydrogens (tertiary/aromatic N) is 1. The number of rotatable bonds is 2. The van der Waals surface area contributed by atoms with Crippen LogP contribution in [-0.2, 0) is 4.79 Å². The molecule has 0 radical (unpaired) electrons. The van der Waals surface area contributed by atoms with Gasteiger partial charge in [0, 0.05) is 17.6 Å². The molecule has 4 nitrogen and oxygen atoms in total. The van der Waals surface area contributed by atoms with E-state index in [-0.39, 0.29) is 11.3 Å². The molecule has 0 saturated carbocycles. The van der Waals surface area contributed by atoms with Gasteiger partial charge >= 0.3 is 0 Å². The first-order valence-corrected chi connectivity index (χ1v) is 5.86. The molecule has 1 aromatic heterocycles. The molecule has 1 amide bonds. The van der Waals surface area contributed by atoms with Gasteiger partial charge in [-0.15, -0.1) is 11.3 Å². The minimum atomic E-state index is -0.278. The molecule has 1 saturated heterocycles. The molecule has 0 aromatic carbocycles. The maximum atomic E-state index is 12.0. The molecule has 15 heavy (non-hydrogen) atoms. The highest BCUT2D eigenvalue weighted by Gasteiger charge is 2.36. The Kier molecular flexibility index (Phi) is 2.75. The van der Waals surface area contributed by atoms with E-state index in [0.29, 0.717) is 5.13 Å². The Morgan fingerprint density at radius 1 is 1.73 bits per heavy atom. The first-order chi connectivity index (χ1) is 7.10. The predicted octanol–water partition coefficient (Wildman–Crippen LogP) is 1.39. The van der Waals surface area contributed by atoms with E-state index >= 15 is 0 Å². The van der Waals surface area contributed by atoms with Crippen LogP contribution >= 0.6 is 11.3 Å². The van der Waals surface area contributed by atoms with E-state index in [9.17, 15) is 4.79 Å². The van der Waals surface area contributed by atoms with Crippen LogP contribution < -0.4 is 10.6 Å². The molecule has 1 atom stereocenters. The van der Waals surface area contributed by atoms with Crippen molar-refractivity contribution < 1.29 is 4.79 Å². The van der Waals surface area contributed by atoms with Crippen molar-refractivity contribution in [2.45, 2.75) is 20.3 Å². The number of carbonyl (C=O) groups excluding carboxylic acids is 1. The highest BCUT2D eigenvalue weighted by atomic mass is 32.1. The molecule has 2 rings (SSSR count). The van der Waals surface area contributed by atoms with Crippen LogP contribution in [0.5, 0.6) is 0 Å². The van der Waals surface area contributed by atoms with Crippen molar-refractivity contribution in [1.82, 2.24) is 10.3 Å². The number of carbonyl (C=O) groups is 1. The van der Waals surface area contributed by atoms with E-state index in [1.165, 1.54) is 11.3 Å². The maximum Gasteiger partial charge on any atom is 0.233 e. The second kappa shape index (κ2) is 3.90. The van der Waals surface area contributed by atoms with Crippen molar-refractivity contribution in [3.63, 3.8) is 0 Å². The van der Waals surface area contributed by atoms with Crippen LogP contribution in [0.1, 0.15) is 18.2 Å². The molecule has 1 unspecified atom stereocenters. The van der Waals surface area contributed by atoms with E-state index in [1.807, 2.05) is 13.8 Å². The van der Waals surface area contributed by atoms with Gasteiger partial charge in [-0.05, 0) is 26.8 Å². The summed E-state index contributed by atoms with van der Waals surface area (Å²) in [6, 6.07) is 0. The van der Waals surface area contributed by atoms with Gasteiger partial charge in [-0.3, -0.25) is 4.79 Å². The minimum absolute atomic E-state index is 0.0712. The lowest BCUT2D eigenvalue weighted by molar-refractivity contribution is -0.123. The van der Waals surface area contributed by atoms with Crippen LogP contribution in [0.25, 0.3) is 0 Å². The average molecular weight is 225 g/mol. The predicted molar refractivity (Wildman–Crippen MR) is 61.1 cm³/mol. The first-order valence-electron chi connectivity index (χ1n) is 5.05. The molecule has 0 bridgehead atoms. The number of nitrogens with one attached hydrogen (secondary N) is 2. The van der Waals surface area contributed by atoms with Gasteiger partial charge in [0.05, 0.1) is 5.41 Å². The normalized spacial score (nSPS) is 25.5. The van der Waals surface area contributed by atoms with Crippen molar-refractivity contribution in [2.24, 2.45) is 5.41 Å². The van der Waals surface area contributed by atoms with Crippen LogP contribution in [0.15, 0.2) is 6.20 Å². The Balaban J connectivity index is 2.03. The molecular weight excluding hydrogens is 210 g/mol. The molecule has 1 aliphatic heterocycles. The van der Waals surface area contributed by atoms with Crippen molar-refractivity contribution in [2.75, 3.05) is 18.4 Å². The van der Waals surface area contributed by atoms with Gasteiger partial charge in [0.2, 0.25) is 5.91 Å². The van der Waals surface area contributed by atoms with Gasteiger partial charge in [-0.1, -0.05) is 0 Å².